The highest BCUT2D eigenvalue weighted by Crippen LogP contribution is 2.29. The molecule has 4 rings (SSSR count). The molecule has 1 aliphatic rings. The normalized spacial score (nSPS) is 14.5. The van der Waals surface area contributed by atoms with Crippen LogP contribution in [0.3, 0.4) is 0 Å². The molecule has 3 aromatic rings. The number of hydrogen-bond acceptors (Lipinski definition) is 4. The highest BCUT2D eigenvalue weighted by molar-refractivity contribution is 5.85. The Morgan fingerprint density at radius 1 is 1.27 bits per heavy atom. The zero-order valence-corrected chi connectivity index (χ0v) is 15.1. The molecule has 0 spiro atoms. The van der Waals surface area contributed by atoms with Crippen molar-refractivity contribution in [3.63, 3.8) is 0 Å². The van der Waals surface area contributed by atoms with Crippen molar-refractivity contribution in [1.82, 2.24) is 19.2 Å². The number of fused-ring (bicyclic) bond motifs is 1. The minimum atomic E-state index is -0.109. The number of carbonyl (C=O) groups excluding carboxylic acids is 1. The largest absolute Gasteiger partial charge is 0.354 e. The van der Waals surface area contributed by atoms with Gasteiger partial charge in [-0.15, -0.1) is 0 Å². The molecule has 7 heteroatoms. The predicted octanol–water partition coefficient (Wildman–Crippen LogP) is 2.19. The molecule has 2 aromatic heterocycles. The number of aryl methyl sites for hydroxylation is 1. The first kappa shape index (κ1) is 16.4. The molecule has 1 saturated heterocycles. The van der Waals surface area contributed by atoms with Crippen LogP contribution < -0.4 is 10.9 Å². The Hall–Kier alpha value is -3.09. The summed E-state index contributed by atoms with van der Waals surface area (Å²) in [5, 5.41) is 8.47. The average Bonchev–Trinajstić information content (AvgIpc) is 2.97. The summed E-state index contributed by atoms with van der Waals surface area (Å²) in [6.45, 7) is 4.92. The van der Waals surface area contributed by atoms with E-state index >= 15 is 0 Å². The molecule has 0 bridgehead atoms. The standard InChI is InChI=1S/C19H21N5O2/c1-12-17(9-20-22(3)19(12)26)21-15-4-5-18-14(8-15)6-7-24(18)16-10-23(11-16)13(2)25/h4-9,16,21H,10-11H2,1-3H3. The second-order valence-corrected chi connectivity index (χ2v) is 6.81. The van der Waals surface area contributed by atoms with E-state index in [0.29, 0.717) is 17.3 Å². The Labute approximate surface area is 150 Å². The van der Waals surface area contributed by atoms with Crippen LogP contribution >= 0.6 is 0 Å². The van der Waals surface area contributed by atoms with Gasteiger partial charge in [-0.2, -0.15) is 5.10 Å². The molecule has 7 nitrogen and oxygen atoms in total. The molecule has 1 N–H and O–H groups in total. The van der Waals surface area contributed by atoms with E-state index in [-0.39, 0.29) is 11.5 Å². The Balaban J connectivity index is 1.59. The minimum Gasteiger partial charge on any atom is -0.354 e. The van der Waals surface area contributed by atoms with Crippen molar-refractivity contribution in [3.05, 3.63) is 52.6 Å². The van der Waals surface area contributed by atoms with Gasteiger partial charge in [0.05, 0.1) is 17.9 Å². The van der Waals surface area contributed by atoms with Gasteiger partial charge in [0, 0.05) is 55.4 Å². The van der Waals surface area contributed by atoms with Crippen molar-refractivity contribution in [1.29, 1.82) is 0 Å². The number of anilines is 2. The van der Waals surface area contributed by atoms with E-state index in [2.05, 4.69) is 39.4 Å². The Bertz CT molecular complexity index is 1060. The second kappa shape index (κ2) is 6.01. The van der Waals surface area contributed by atoms with Gasteiger partial charge in [-0.1, -0.05) is 0 Å². The van der Waals surface area contributed by atoms with Crippen LogP contribution in [-0.2, 0) is 11.8 Å². The number of aromatic nitrogens is 3. The molecule has 1 fully saturated rings. The van der Waals surface area contributed by atoms with Crippen LogP contribution in [0.2, 0.25) is 0 Å². The van der Waals surface area contributed by atoms with Gasteiger partial charge >= 0.3 is 0 Å². The third-order valence-corrected chi connectivity index (χ3v) is 5.08. The SMILES string of the molecule is CC(=O)N1CC(n2ccc3cc(Nc4cnn(C)c(=O)c4C)ccc32)C1. The van der Waals surface area contributed by atoms with E-state index in [0.717, 1.165) is 29.7 Å². The van der Waals surface area contributed by atoms with Crippen LogP contribution in [0.25, 0.3) is 10.9 Å². The van der Waals surface area contributed by atoms with Gasteiger partial charge in [-0.3, -0.25) is 9.59 Å². The first-order chi connectivity index (χ1) is 12.4. The van der Waals surface area contributed by atoms with Gasteiger partial charge in [-0.25, -0.2) is 4.68 Å². The van der Waals surface area contributed by atoms with Crippen LogP contribution in [0, 0.1) is 6.92 Å². The summed E-state index contributed by atoms with van der Waals surface area (Å²) in [5.74, 6) is 0.127. The summed E-state index contributed by atoms with van der Waals surface area (Å²) < 4.78 is 3.55. The molecule has 134 valence electrons. The third-order valence-electron chi connectivity index (χ3n) is 5.08. The Morgan fingerprint density at radius 2 is 2.04 bits per heavy atom. The van der Waals surface area contributed by atoms with Gasteiger partial charge < -0.3 is 14.8 Å². The van der Waals surface area contributed by atoms with E-state index in [9.17, 15) is 9.59 Å². The summed E-state index contributed by atoms with van der Waals surface area (Å²) in [4.78, 5) is 25.2. The summed E-state index contributed by atoms with van der Waals surface area (Å²) in [6.07, 6.45) is 3.73. The topological polar surface area (TPSA) is 72.2 Å². The first-order valence-electron chi connectivity index (χ1n) is 8.60. The average molecular weight is 351 g/mol. The number of carbonyl (C=O) groups is 1. The summed E-state index contributed by atoms with van der Waals surface area (Å²) in [6, 6.07) is 8.53. The Kier molecular flexibility index (Phi) is 3.79. The lowest BCUT2D eigenvalue weighted by Crippen LogP contribution is -2.49. The van der Waals surface area contributed by atoms with Crippen molar-refractivity contribution in [2.24, 2.45) is 7.05 Å². The zero-order valence-electron chi connectivity index (χ0n) is 15.1. The predicted molar refractivity (Wildman–Crippen MR) is 101 cm³/mol. The number of hydrogen-bond donors (Lipinski definition) is 1. The van der Waals surface area contributed by atoms with E-state index in [1.807, 2.05) is 11.0 Å². The van der Waals surface area contributed by atoms with Crippen molar-refractivity contribution < 1.29 is 4.79 Å². The third kappa shape index (κ3) is 2.65. The zero-order chi connectivity index (χ0) is 18.4. The van der Waals surface area contributed by atoms with Gasteiger partial charge in [-0.05, 0) is 31.2 Å². The molecule has 0 atom stereocenters. The molecular weight excluding hydrogens is 330 g/mol. The van der Waals surface area contributed by atoms with Crippen LogP contribution in [0.5, 0.6) is 0 Å². The summed E-state index contributed by atoms with van der Waals surface area (Å²) in [7, 11) is 1.64. The number of nitrogens with zero attached hydrogens (tertiary/aromatic N) is 4. The lowest BCUT2D eigenvalue weighted by Gasteiger charge is -2.39. The number of benzene rings is 1. The number of rotatable bonds is 3. The van der Waals surface area contributed by atoms with E-state index in [1.165, 1.54) is 4.68 Å². The van der Waals surface area contributed by atoms with Gasteiger partial charge in [0.1, 0.15) is 0 Å². The van der Waals surface area contributed by atoms with Crippen molar-refractivity contribution in [2.45, 2.75) is 19.9 Å². The lowest BCUT2D eigenvalue weighted by atomic mass is 10.1. The fourth-order valence-electron chi connectivity index (χ4n) is 3.38. The Morgan fingerprint density at radius 3 is 2.77 bits per heavy atom. The molecule has 1 amide bonds. The number of amides is 1. The first-order valence-corrected chi connectivity index (χ1v) is 8.60. The van der Waals surface area contributed by atoms with E-state index in [4.69, 9.17) is 0 Å². The molecular formula is C19H21N5O2. The van der Waals surface area contributed by atoms with Crippen molar-refractivity contribution in [3.8, 4) is 0 Å². The molecule has 0 unspecified atom stereocenters. The van der Waals surface area contributed by atoms with Gasteiger partial charge in [0.15, 0.2) is 0 Å². The molecule has 0 saturated carbocycles. The molecule has 3 heterocycles. The minimum absolute atomic E-state index is 0.109. The van der Waals surface area contributed by atoms with Gasteiger partial charge in [0.2, 0.25) is 5.91 Å². The molecule has 1 aliphatic heterocycles. The van der Waals surface area contributed by atoms with Crippen molar-refractivity contribution >= 4 is 28.2 Å². The molecule has 0 aliphatic carbocycles. The van der Waals surface area contributed by atoms with E-state index in [1.54, 1.807) is 27.1 Å². The molecule has 26 heavy (non-hydrogen) atoms. The van der Waals surface area contributed by atoms with Crippen LogP contribution in [0.15, 0.2) is 41.5 Å². The van der Waals surface area contributed by atoms with Crippen LogP contribution in [0.1, 0.15) is 18.5 Å². The molecule has 1 aromatic carbocycles. The fourth-order valence-corrected chi connectivity index (χ4v) is 3.38. The second-order valence-electron chi connectivity index (χ2n) is 6.81. The van der Waals surface area contributed by atoms with Crippen LogP contribution in [0.4, 0.5) is 11.4 Å². The fraction of sp³-hybridized carbons (Fsp3) is 0.316. The quantitative estimate of drug-likeness (QED) is 0.785. The lowest BCUT2D eigenvalue weighted by molar-refractivity contribution is -0.134. The maximum absolute atomic E-state index is 12.0. The smallest absolute Gasteiger partial charge is 0.271 e. The summed E-state index contributed by atoms with van der Waals surface area (Å²) >= 11 is 0. The number of likely N-dealkylation sites (tertiary alicyclic amines) is 1. The number of nitrogens with one attached hydrogen (secondary N) is 1. The molecule has 0 radical (unpaired) electrons. The maximum Gasteiger partial charge on any atom is 0.271 e. The highest BCUT2D eigenvalue weighted by atomic mass is 16.2. The highest BCUT2D eigenvalue weighted by Gasteiger charge is 2.30. The monoisotopic (exact) mass is 351 g/mol. The van der Waals surface area contributed by atoms with E-state index < -0.39 is 0 Å². The van der Waals surface area contributed by atoms with Gasteiger partial charge in [0.25, 0.3) is 5.56 Å². The van der Waals surface area contributed by atoms with Crippen molar-refractivity contribution in [2.75, 3.05) is 18.4 Å². The summed E-state index contributed by atoms with van der Waals surface area (Å²) in [5.41, 5.74) is 3.29. The van der Waals surface area contributed by atoms with Crippen LogP contribution in [-0.4, -0.2) is 38.2 Å². The maximum atomic E-state index is 12.0.